The van der Waals surface area contributed by atoms with Crippen molar-refractivity contribution >= 4 is 5.87 Å². The fraction of sp³-hybridized carbons (Fsp3) is 0.154. The van der Waals surface area contributed by atoms with Gasteiger partial charge in [-0.05, 0) is 6.07 Å². The van der Waals surface area contributed by atoms with E-state index in [2.05, 4.69) is 0 Å². The van der Waals surface area contributed by atoms with Gasteiger partial charge >= 0.3 is 0 Å². The minimum absolute atomic E-state index is 0.403. The minimum Gasteiger partial charge on any atom is -0.762 e. The second kappa shape index (κ2) is 9.76. The minimum atomic E-state index is -0.403. The topological polar surface area (TPSA) is 121 Å². The normalized spacial score (nSPS) is 7.16. The molecule has 19 heavy (non-hydrogen) atoms. The van der Waals surface area contributed by atoms with Crippen LogP contribution >= 0.6 is 0 Å². The van der Waals surface area contributed by atoms with Crippen LogP contribution in [0.3, 0.4) is 0 Å². The van der Waals surface area contributed by atoms with E-state index in [0.717, 1.165) is 0 Å². The summed E-state index contributed by atoms with van der Waals surface area (Å²) < 4.78 is 1.84. The fourth-order valence-corrected chi connectivity index (χ4v) is 0.981. The molecule has 0 fully saturated rings. The smallest absolute Gasteiger partial charge is 0.186 e. The summed E-state index contributed by atoms with van der Waals surface area (Å²) in [5.41, 5.74) is 0.218. The Balaban J connectivity index is 0.000000399. The van der Waals surface area contributed by atoms with Gasteiger partial charge in [0.05, 0.1) is 12.5 Å². The third-order valence-corrected chi connectivity index (χ3v) is 1.80. The van der Waals surface area contributed by atoms with Crippen LogP contribution in [0.5, 0.6) is 0 Å². The molecule has 0 unspecified atom stereocenters. The number of nitriles is 4. The molecule has 0 spiro atoms. The molecule has 0 aliphatic carbocycles. The molecule has 0 radical (unpaired) electrons. The second-order valence-electron chi connectivity index (χ2n) is 3.06. The van der Waals surface area contributed by atoms with Gasteiger partial charge in [0.2, 0.25) is 0 Å². The van der Waals surface area contributed by atoms with Crippen LogP contribution in [0, 0.1) is 45.3 Å². The van der Waals surface area contributed by atoms with E-state index >= 15 is 0 Å². The van der Waals surface area contributed by atoms with Gasteiger partial charge in [0.15, 0.2) is 18.9 Å². The Kier molecular flexibility index (Phi) is 7.99. The number of hydrogen-bond acceptors (Lipinski definition) is 4. The summed E-state index contributed by atoms with van der Waals surface area (Å²) in [6.45, 7) is 0.645. The first kappa shape index (κ1) is 15.6. The lowest BCUT2D eigenvalue weighted by molar-refractivity contribution is -0.696. The van der Waals surface area contributed by atoms with Crippen molar-refractivity contribution in [3.05, 3.63) is 41.1 Å². The van der Waals surface area contributed by atoms with Crippen molar-refractivity contribution in [2.75, 3.05) is 0 Å². The lowest BCUT2D eigenvalue weighted by atomic mass is 10.3. The maximum absolute atomic E-state index is 8.56. The first-order valence-corrected chi connectivity index (χ1v) is 5.05. The summed E-state index contributed by atoms with van der Waals surface area (Å²) in [6, 6.07) is 10.4. The summed E-state index contributed by atoms with van der Waals surface area (Å²) in [6.07, 6.45) is 4.05. The summed E-state index contributed by atoms with van der Waals surface area (Å²) >= 11 is 0. The molecule has 0 atom stereocenters. The zero-order valence-electron chi connectivity index (χ0n) is 9.91. The van der Waals surface area contributed by atoms with Gasteiger partial charge in [-0.15, -0.1) is 0 Å². The molecule has 0 N–H and O–H groups in total. The van der Waals surface area contributed by atoms with Crippen LogP contribution in [-0.4, -0.2) is 5.87 Å². The number of rotatable bonds is 2. The molecule has 90 valence electrons. The van der Waals surface area contributed by atoms with E-state index in [1.54, 1.807) is 18.3 Å². The van der Waals surface area contributed by atoms with Crippen molar-refractivity contribution in [3.63, 3.8) is 0 Å². The van der Waals surface area contributed by atoms with Crippen LogP contribution in [0.15, 0.2) is 30.1 Å². The molecule has 1 rings (SSSR count). The molecule has 1 heterocycles. The van der Waals surface area contributed by atoms with E-state index in [1.807, 2.05) is 22.9 Å². The van der Waals surface area contributed by atoms with Crippen LogP contribution in [0.25, 0.3) is 5.41 Å². The van der Waals surface area contributed by atoms with E-state index in [4.69, 9.17) is 26.5 Å². The van der Waals surface area contributed by atoms with Crippen molar-refractivity contribution in [2.24, 2.45) is 0 Å². The van der Waals surface area contributed by atoms with Crippen molar-refractivity contribution in [2.45, 2.75) is 13.0 Å². The lowest BCUT2D eigenvalue weighted by Gasteiger charge is -1.90. The van der Waals surface area contributed by atoms with E-state index < -0.39 is 5.57 Å². The number of aromatic nitrogens is 1. The van der Waals surface area contributed by atoms with E-state index in [9.17, 15) is 0 Å². The molecule has 0 aromatic carbocycles. The highest BCUT2D eigenvalue weighted by molar-refractivity contribution is 5.71. The second-order valence-corrected chi connectivity index (χ2v) is 3.06. The highest BCUT2D eigenvalue weighted by Crippen LogP contribution is 1.90. The molecule has 6 nitrogen and oxygen atoms in total. The lowest BCUT2D eigenvalue weighted by Crippen LogP contribution is -2.32. The van der Waals surface area contributed by atoms with Gasteiger partial charge in [-0.1, -0.05) is 0 Å². The molecule has 0 aliphatic heterocycles. The van der Waals surface area contributed by atoms with Gasteiger partial charge in [-0.25, -0.2) is 10.4 Å². The number of hydrogen-bond donors (Lipinski definition) is 0. The summed E-state index contributed by atoms with van der Waals surface area (Å²) in [4.78, 5) is 0. The predicted molar refractivity (Wildman–Crippen MR) is 64.7 cm³/mol. The van der Waals surface area contributed by atoms with Gasteiger partial charge < -0.3 is 5.41 Å². The van der Waals surface area contributed by atoms with Crippen molar-refractivity contribution in [1.29, 1.82) is 21.0 Å². The molecule has 0 aliphatic rings. The Bertz CT molecular complexity index is 625. The number of nitrogens with zero attached hydrogens (tertiary/aromatic N) is 6. The molecule has 1 aromatic heterocycles. The average molecular weight is 248 g/mol. The van der Waals surface area contributed by atoms with Gasteiger partial charge in [0.1, 0.15) is 29.3 Å². The third-order valence-electron chi connectivity index (χ3n) is 1.80. The van der Waals surface area contributed by atoms with Crippen LogP contribution in [0.2, 0.25) is 0 Å². The molecule has 0 amide bonds. The van der Waals surface area contributed by atoms with Gasteiger partial charge in [0, 0.05) is 6.07 Å². The van der Waals surface area contributed by atoms with Crippen LogP contribution < -0.4 is 4.57 Å². The van der Waals surface area contributed by atoms with Gasteiger partial charge in [-0.2, -0.15) is 21.0 Å². The molecule has 0 saturated carbocycles. The molecule has 0 bridgehead atoms. The summed E-state index contributed by atoms with van der Waals surface area (Å²) in [5, 5.41) is 40.3. The SMILES string of the molecule is N#CC(=C=[N-])C#N.N#CCC[n+]1cccc(C#N)c1. The molecule has 1 aromatic rings. The quantitative estimate of drug-likeness (QED) is 0.439. The zero-order valence-corrected chi connectivity index (χ0v) is 9.91. The highest BCUT2D eigenvalue weighted by Gasteiger charge is 2.00. The summed E-state index contributed by atoms with van der Waals surface area (Å²) in [5.74, 6) is 1.40. The molecular formula is C13H8N6. The summed E-state index contributed by atoms with van der Waals surface area (Å²) in [7, 11) is 0. The van der Waals surface area contributed by atoms with Crippen LogP contribution in [0.4, 0.5) is 0 Å². The Hall–Kier alpha value is -3.44. The number of allylic oxidation sites excluding steroid dienone is 1. The number of aryl methyl sites for hydroxylation is 1. The van der Waals surface area contributed by atoms with E-state index in [1.165, 1.54) is 18.0 Å². The van der Waals surface area contributed by atoms with Gasteiger partial charge in [0.25, 0.3) is 0 Å². The maximum atomic E-state index is 8.56. The van der Waals surface area contributed by atoms with Crippen molar-refractivity contribution in [3.8, 4) is 24.3 Å². The van der Waals surface area contributed by atoms with Gasteiger partial charge in [-0.3, -0.25) is 0 Å². The van der Waals surface area contributed by atoms with Crippen molar-refractivity contribution < 1.29 is 4.57 Å². The average Bonchev–Trinajstić information content (AvgIpc) is 2.48. The fourth-order valence-electron chi connectivity index (χ4n) is 0.981. The Morgan fingerprint density at radius 2 is 1.89 bits per heavy atom. The first-order valence-electron chi connectivity index (χ1n) is 5.05. The Labute approximate surface area is 110 Å². The van der Waals surface area contributed by atoms with E-state index in [0.29, 0.717) is 18.5 Å². The van der Waals surface area contributed by atoms with Crippen LogP contribution in [0.1, 0.15) is 12.0 Å². The van der Waals surface area contributed by atoms with E-state index in [-0.39, 0.29) is 0 Å². The Morgan fingerprint density at radius 3 is 2.32 bits per heavy atom. The zero-order chi connectivity index (χ0) is 14.5. The third kappa shape index (κ3) is 6.67. The molecule has 0 saturated heterocycles. The van der Waals surface area contributed by atoms with Crippen molar-refractivity contribution in [1.82, 2.24) is 0 Å². The standard InChI is InChI=1S/C9H8N3.C4N3/c10-4-2-6-12-5-1-3-9(7-11)8-12;5-1-4(2-6)3-7/h1,3,5,8H,2,6H2;/q+1;-1. The Morgan fingerprint density at radius 1 is 1.21 bits per heavy atom. The highest BCUT2D eigenvalue weighted by atomic mass is 14.9. The molecular weight excluding hydrogens is 240 g/mol. The predicted octanol–water partition coefficient (Wildman–Crippen LogP) is 0.959. The maximum Gasteiger partial charge on any atom is 0.186 e. The van der Waals surface area contributed by atoms with Crippen LogP contribution in [-0.2, 0) is 6.54 Å². The largest absolute Gasteiger partial charge is 0.762 e. The molecule has 6 heteroatoms. The number of pyridine rings is 1. The first-order chi connectivity index (χ1) is 9.21. The monoisotopic (exact) mass is 248 g/mol.